The molecule has 0 saturated heterocycles. The van der Waals surface area contributed by atoms with Gasteiger partial charge in [-0.25, -0.2) is 0 Å². The van der Waals surface area contributed by atoms with Crippen LogP contribution in [0.15, 0.2) is 55.6 Å². The van der Waals surface area contributed by atoms with Gasteiger partial charge in [0.1, 0.15) is 11.5 Å². The summed E-state index contributed by atoms with van der Waals surface area (Å²) in [4.78, 5) is 12.5. The van der Waals surface area contributed by atoms with Crippen LogP contribution >= 0.6 is 11.8 Å². The summed E-state index contributed by atoms with van der Waals surface area (Å²) in [5.41, 5.74) is 6.92. The van der Waals surface area contributed by atoms with Crippen molar-refractivity contribution in [1.29, 1.82) is 0 Å². The minimum Gasteiger partial charge on any atom is -0.508 e. The maximum Gasteiger partial charge on any atom is 0.241 e. The lowest BCUT2D eigenvalue weighted by Gasteiger charge is -2.17. The van der Waals surface area contributed by atoms with Gasteiger partial charge in [-0.05, 0) is 72.2 Å². The molecule has 0 aliphatic rings. The SMILES string of the molecule is [2H]c1c([2H])c(-c2cc(CC=C)cc(NC(=O)[C@@H](N)CCSC)c2O)c([2H])c(CC=C)c1O. The number of nitrogens with two attached hydrogens (primary N) is 1. The van der Waals surface area contributed by atoms with Crippen LogP contribution in [0, 0.1) is 0 Å². The van der Waals surface area contributed by atoms with Gasteiger partial charge in [-0.3, -0.25) is 4.79 Å². The molecule has 0 fully saturated rings. The van der Waals surface area contributed by atoms with Crippen molar-refractivity contribution >= 4 is 23.4 Å². The summed E-state index contributed by atoms with van der Waals surface area (Å²) in [5.74, 6) is -0.565. The summed E-state index contributed by atoms with van der Waals surface area (Å²) in [6, 6.07) is 1.36. The second-order valence-electron chi connectivity index (χ2n) is 6.48. The Bertz CT molecular complexity index is 1040. The van der Waals surface area contributed by atoms with E-state index in [4.69, 9.17) is 9.85 Å². The van der Waals surface area contributed by atoms with Crippen molar-refractivity contribution < 1.29 is 19.1 Å². The second-order valence-corrected chi connectivity index (χ2v) is 7.47. The molecule has 5 N–H and O–H groups in total. The van der Waals surface area contributed by atoms with Crippen LogP contribution in [0.5, 0.6) is 11.5 Å². The van der Waals surface area contributed by atoms with Gasteiger partial charge in [0.05, 0.1) is 15.8 Å². The molecular formula is C23H28N2O3S. The van der Waals surface area contributed by atoms with Crippen molar-refractivity contribution in [2.45, 2.75) is 25.3 Å². The lowest BCUT2D eigenvalue weighted by Crippen LogP contribution is -2.36. The smallest absolute Gasteiger partial charge is 0.241 e. The number of rotatable bonds is 10. The summed E-state index contributed by atoms with van der Waals surface area (Å²) in [7, 11) is 0. The molecule has 1 amide bonds. The van der Waals surface area contributed by atoms with Gasteiger partial charge in [0, 0.05) is 5.56 Å². The Morgan fingerprint density at radius 1 is 1.31 bits per heavy atom. The summed E-state index contributed by atoms with van der Waals surface area (Å²) in [6.45, 7) is 7.32. The number of carbonyl (C=O) groups is 1. The molecule has 0 aliphatic heterocycles. The Balaban J connectivity index is 2.68. The zero-order valence-corrected chi connectivity index (χ0v) is 17.2. The first-order valence-corrected chi connectivity index (χ1v) is 10.5. The van der Waals surface area contributed by atoms with E-state index in [2.05, 4.69) is 18.5 Å². The number of nitrogens with one attached hydrogen (secondary N) is 1. The molecule has 6 heteroatoms. The van der Waals surface area contributed by atoms with Crippen LogP contribution in [0.3, 0.4) is 0 Å². The third-order valence-corrected chi connectivity index (χ3v) is 4.91. The van der Waals surface area contributed by atoms with Crippen LogP contribution in [-0.2, 0) is 17.6 Å². The zero-order valence-electron chi connectivity index (χ0n) is 19.4. The third-order valence-electron chi connectivity index (χ3n) is 4.26. The number of benzene rings is 2. The van der Waals surface area contributed by atoms with E-state index in [1.165, 1.54) is 6.08 Å². The summed E-state index contributed by atoms with van der Waals surface area (Å²) < 4.78 is 25.0. The first kappa shape index (κ1) is 18.3. The molecule has 0 saturated carbocycles. The van der Waals surface area contributed by atoms with E-state index in [1.54, 1.807) is 30.0 Å². The number of phenols is 2. The predicted molar refractivity (Wildman–Crippen MR) is 123 cm³/mol. The Morgan fingerprint density at radius 3 is 2.69 bits per heavy atom. The lowest BCUT2D eigenvalue weighted by atomic mass is 9.96. The van der Waals surface area contributed by atoms with Crippen molar-refractivity contribution in [3.05, 3.63) is 66.7 Å². The fraction of sp³-hybridized carbons (Fsp3) is 0.261. The summed E-state index contributed by atoms with van der Waals surface area (Å²) in [6.07, 6.45) is 6.02. The largest absolute Gasteiger partial charge is 0.508 e. The van der Waals surface area contributed by atoms with Crippen LogP contribution in [-0.4, -0.2) is 34.2 Å². The van der Waals surface area contributed by atoms with Crippen molar-refractivity contribution in [3.8, 4) is 22.6 Å². The average Bonchev–Trinajstić information content (AvgIpc) is 2.76. The van der Waals surface area contributed by atoms with Crippen LogP contribution in [0.4, 0.5) is 5.69 Å². The van der Waals surface area contributed by atoms with E-state index in [9.17, 15) is 15.0 Å². The topological polar surface area (TPSA) is 95.6 Å². The molecule has 29 heavy (non-hydrogen) atoms. The molecule has 2 aromatic rings. The maximum absolute atomic E-state index is 12.5. The van der Waals surface area contributed by atoms with E-state index in [-0.39, 0.29) is 40.6 Å². The van der Waals surface area contributed by atoms with E-state index >= 15 is 0 Å². The monoisotopic (exact) mass is 415 g/mol. The fourth-order valence-electron chi connectivity index (χ4n) is 2.73. The second kappa shape index (κ2) is 10.7. The average molecular weight is 416 g/mol. The third kappa shape index (κ3) is 5.89. The van der Waals surface area contributed by atoms with Crippen LogP contribution in [0.1, 0.15) is 21.7 Å². The van der Waals surface area contributed by atoms with Crippen LogP contribution < -0.4 is 11.1 Å². The van der Waals surface area contributed by atoms with Gasteiger partial charge in [-0.15, -0.1) is 13.2 Å². The number of amides is 1. The number of aromatic hydroxyl groups is 2. The molecule has 0 aliphatic carbocycles. The number of hydrogen-bond acceptors (Lipinski definition) is 5. The van der Waals surface area contributed by atoms with Gasteiger partial charge in [0.15, 0.2) is 0 Å². The highest BCUT2D eigenvalue weighted by atomic mass is 32.2. The van der Waals surface area contributed by atoms with Gasteiger partial charge in [-0.1, -0.05) is 18.2 Å². The molecular weight excluding hydrogens is 384 g/mol. The summed E-state index contributed by atoms with van der Waals surface area (Å²) in [5, 5.41) is 23.9. The summed E-state index contributed by atoms with van der Waals surface area (Å²) >= 11 is 1.57. The number of hydrogen-bond donors (Lipinski definition) is 4. The Morgan fingerprint density at radius 2 is 2.03 bits per heavy atom. The van der Waals surface area contributed by atoms with E-state index < -0.39 is 29.8 Å². The highest BCUT2D eigenvalue weighted by molar-refractivity contribution is 7.98. The number of carbonyl (C=O) groups excluding carboxylic acids is 1. The Hall–Kier alpha value is -2.70. The van der Waals surface area contributed by atoms with E-state index in [1.807, 2.05) is 6.26 Å². The molecule has 0 heterocycles. The highest BCUT2D eigenvalue weighted by Gasteiger charge is 2.18. The molecule has 0 spiro atoms. The maximum atomic E-state index is 12.5. The molecule has 5 nitrogen and oxygen atoms in total. The van der Waals surface area contributed by atoms with Gasteiger partial charge >= 0.3 is 0 Å². The molecule has 1 atom stereocenters. The number of anilines is 1. The molecule has 0 aromatic heterocycles. The number of phenolic OH excluding ortho intramolecular Hbond substituents is 2. The predicted octanol–water partition coefficient (Wildman–Crippen LogP) is 4.24. The van der Waals surface area contributed by atoms with Gasteiger partial charge in [-0.2, -0.15) is 11.8 Å². The molecule has 2 rings (SSSR count). The van der Waals surface area contributed by atoms with Gasteiger partial charge in [0.25, 0.3) is 0 Å². The van der Waals surface area contributed by atoms with Crippen molar-refractivity contribution in [1.82, 2.24) is 0 Å². The standard InChI is InChI=1S/C23H28N2O3S/c1-4-6-15-12-18(16-8-9-21(26)17(14-16)7-5-2)22(27)20(13-15)25-23(28)19(24)10-11-29-3/h4-5,8-9,12-14,19,26-27H,1-2,6-7,10-11,24H2,3H3,(H,25,28)/t19-/m0/s1/i8D,9D,14D. The first-order chi connectivity index (χ1) is 15.2. The quantitative estimate of drug-likeness (QED) is 0.344. The molecule has 154 valence electrons. The minimum atomic E-state index is -0.764. The lowest BCUT2D eigenvalue weighted by molar-refractivity contribution is -0.117. The molecule has 2 aromatic carbocycles. The van der Waals surface area contributed by atoms with Crippen molar-refractivity contribution in [2.75, 3.05) is 17.3 Å². The fourth-order valence-corrected chi connectivity index (χ4v) is 3.22. The first-order valence-electron chi connectivity index (χ1n) is 10.6. The van der Waals surface area contributed by atoms with Crippen LogP contribution in [0.2, 0.25) is 0 Å². The van der Waals surface area contributed by atoms with E-state index in [0.717, 1.165) is 0 Å². The molecule has 0 unspecified atom stereocenters. The zero-order chi connectivity index (χ0) is 24.0. The molecule has 0 bridgehead atoms. The minimum absolute atomic E-state index is 0.0183. The van der Waals surface area contributed by atoms with E-state index in [0.29, 0.717) is 24.2 Å². The van der Waals surface area contributed by atoms with Crippen molar-refractivity contribution in [3.63, 3.8) is 0 Å². The Kier molecular flexibility index (Phi) is 6.79. The van der Waals surface area contributed by atoms with Gasteiger partial charge in [0.2, 0.25) is 5.91 Å². The molecule has 0 radical (unpaired) electrons. The number of allylic oxidation sites excluding steroid dienone is 2. The van der Waals surface area contributed by atoms with Crippen LogP contribution in [0.25, 0.3) is 11.1 Å². The Labute approximate surface area is 180 Å². The van der Waals surface area contributed by atoms with Gasteiger partial charge < -0.3 is 21.3 Å². The normalized spacial score (nSPS) is 13.1. The van der Waals surface area contributed by atoms with Crippen molar-refractivity contribution in [2.24, 2.45) is 5.73 Å². The highest BCUT2D eigenvalue weighted by Crippen LogP contribution is 2.38. The number of thioether (sulfide) groups is 1.